The molecule has 1 aliphatic heterocycles. The molecule has 1 unspecified atom stereocenters. The fourth-order valence-electron chi connectivity index (χ4n) is 4.01. The number of carbonyl (C=O) groups is 1. The molecule has 0 fully saturated rings. The first kappa shape index (κ1) is 19.2. The van der Waals surface area contributed by atoms with Crippen molar-refractivity contribution in [1.82, 2.24) is 4.98 Å². The summed E-state index contributed by atoms with van der Waals surface area (Å²) in [6.07, 6.45) is 8.08. The maximum Gasteiger partial charge on any atom is 0.138 e. The van der Waals surface area contributed by atoms with E-state index in [0.717, 1.165) is 52.9 Å². The summed E-state index contributed by atoms with van der Waals surface area (Å²) >= 11 is 0. The van der Waals surface area contributed by atoms with Crippen LogP contribution < -0.4 is 10.1 Å². The number of carbonyl (C=O) groups excluding carboxylic acids is 1. The van der Waals surface area contributed by atoms with Crippen molar-refractivity contribution in [2.75, 3.05) is 18.5 Å². The summed E-state index contributed by atoms with van der Waals surface area (Å²) in [7, 11) is 0. The Labute approximate surface area is 172 Å². The number of aromatic nitrogens is 1. The van der Waals surface area contributed by atoms with Gasteiger partial charge in [0.2, 0.25) is 0 Å². The van der Waals surface area contributed by atoms with Crippen LogP contribution in [0.4, 0.5) is 5.69 Å². The molecule has 0 bridgehead atoms. The number of anilines is 1. The number of unbranched alkanes of at least 4 members (excludes halogenated alkanes) is 2. The van der Waals surface area contributed by atoms with Crippen molar-refractivity contribution in [2.24, 2.45) is 0 Å². The maximum atomic E-state index is 12.6. The van der Waals surface area contributed by atoms with Gasteiger partial charge < -0.3 is 14.8 Å². The zero-order valence-electron chi connectivity index (χ0n) is 16.7. The van der Waals surface area contributed by atoms with Crippen molar-refractivity contribution < 1.29 is 9.53 Å². The minimum absolute atomic E-state index is 0.319. The Balaban J connectivity index is 1.75. The predicted molar refractivity (Wildman–Crippen MR) is 116 cm³/mol. The van der Waals surface area contributed by atoms with Crippen molar-refractivity contribution in [3.8, 4) is 16.9 Å². The minimum Gasteiger partial charge on any atom is -0.492 e. The zero-order chi connectivity index (χ0) is 20.1. The van der Waals surface area contributed by atoms with Gasteiger partial charge in [-0.15, -0.1) is 0 Å². The van der Waals surface area contributed by atoms with Gasteiger partial charge in [0.1, 0.15) is 24.1 Å². The topological polar surface area (TPSA) is 51.2 Å². The maximum absolute atomic E-state index is 12.6. The SMILES string of the molecule is CCCCCNc1ccccc1C1(C=O)COc2ccc(-c3ccncc3)cc21. The van der Waals surface area contributed by atoms with Crippen LogP contribution in [0.5, 0.6) is 5.75 Å². The average molecular weight is 386 g/mol. The van der Waals surface area contributed by atoms with Crippen LogP contribution in [-0.2, 0) is 10.2 Å². The normalized spacial score (nSPS) is 17.4. The molecule has 4 rings (SSSR count). The lowest BCUT2D eigenvalue weighted by molar-refractivity contribution is -0.111. The molecule has 1 aliphatic rings. The second-order valence-electron chi connectivity index (χ2n) is 7.50. The Bertz CT molecular complexity index is 987. The molecule has 2 aromatic carbocycles. The number of pyridine rings is 1. The second-order valence-corrected chi connectivity index (χ2v) is 7.50. The zero-order valence-corrected chi connectivity index (χ0v) is 16.7. The Hall–Kier alpha value is -3.14. The Morgan fingerprint density at radius 3 is 2.66 bits per heavy atom. The van der Waals surface area contributed by atoms with Gasteiger partial charge in [0.25, 0.3) is 0 Å². The van der Waals surface area contributed by atoms with E-state index in [9.17, 15) is 4.79 Å². The van der Waals surface area contributed by atoms with Crippen LogP contribution in [-0.4, -0.2) is 24.4 Å². The number of aldehydes is 1. The molecule has 0 radical (unpaired) electrons. The third kappa shape index (κ3) is 3.63. The van der Waals surface area contributed by atoms with Crippen LogP contribution in [0.1, 0.15) is 37.3 Å². The highest BCUT2D eigenvalue weighted by Gasteiger charge is 2.44. The summed E-state index contributed by atoms with van der Waals surface area (Å²) in [4.78, 5) is 16.7. The summed E-state index contributed by atoms with van der Waals surface area (Å²) in [6, 6.07) is 18.1. The molecular formula is C25H26N2O2. The molecule has 0 spiro atoms. The quantitative estimate of drug-likeness (QED) is 0.425. The number of ether oxygens (including phenoxy) is 1. The molecule has 0 aliphatic carbocycles. The molecule has 1 atom stereocenters. The number of nitrogens with one attached hydrogen (secondary N) is 1. The molecule has 0 amide bonds. The van der Waals surface area contributed by atoms with E-state index in [1.165, 1.54) is 12.8 Å². The second kappa shape index (κ2) is 8.48. The number of fused-ring (bicyclic) bond motifs is 1. The molecule has 0 saturated carbocycles. The predicted octanol–water partition coefficient (Wildman–Crippen LogP) is 5.23. The average Bonchev–Trinajstić information content (AvgIpc) is 3.16. The van der Waals surface area contributed by atoms with Gasteiger partial charge in [-0.25, -0.2) is 0 Å². The number of para-hydroxylation sites is 1. The van der Waals surface area contributed by atoms with E-state index in [1.54, 1.807) is 12.4 Å². The van der Waals surface area contributed by atoms with Gasteiger partial charge >= 0.3 is 0 Å². The number of hydrogen-bond donors (Lipinski definition) is 1. The van der Waals surface area contributed by atoms with E-state index in [1.807, 2.05) is 42.5 Å². The molecular weight excluding hydrogens is 360 g/mol. The van der Waals surface area contributed by atoms with Crippen molar-refractivity contribution in [3.63, 3.8) is 0 Å². The number of rotatable bonds is 8. The molecule has 2 heterocycles. The van der Waals surface area contributed by atoms with Gasteiger partial charge in [-0.1, -0.05) is 44.0 Å². The third-order valence-corrected chi connectivity index (χ3v) is 5.63. The molecule has 0 saturated heterocycles. The van der Waals surface area contributed by atoms with Gasteiger partial charge in [-0.2, -0.15) is 0 Å². The first-order valence-corrected chi connectivity index (χ1v) is 10.3. The lowest BCUT2D eigenvalue weighted by atomic mass is 9.76. The largest absolute Gasteiger partial charge is 0.492 e. The first-order chi connectivity index (χ1) is 14.3. The van der Waals surface area contributed by atoms with E-state index in [4.69, 9.17) is 4.74 Å². The summed E-state index contributed by atoms with van der Waals surface area (Å²) < 4.78 is 5.98. The van der Waals surface area contributed by atoms with Gasteiger partial charge in [-0.05, 0) is 53.4 Å². The van der Waals surface area contributed by atoms with Crippen LogP contribution in [0.3, 0.4) is 0 Å². The van der Waals surface area contributed by atoms with Crippen molar-refractivity contribution in [1.29, 1.82) is 0 Å². The van der Waals surface area contributed by atoms with Crippen LogP contribution >= 0.6 is 0 Å². The fourth-order valence-corrected chi connectivity index (χ4v) is 4.01. The number of hydrogen-bond acceptors (Lipinski definition) is 4. The van der Waals surface area contributed by atoms with Gasteiger partial charge in [-0.3, -0.25) is 4.98 Å². The summed E-state index contributed by atoms with van der Waals surface area (Å²) in [6.45, 7) is 3.41. The molecule has 148 valence electrons. The Morgan fingerprint density at radius 2 is 1.86 bits per heavy atom. The third-order valence-electron chi connectivity index (χ3n) is 5.63. The lowest BCUT2D eigenvalue weighted by Crippen LogP contribution is -2.32. The molecule has 3 aromatic rings. The summed E-state index contributed by atoms with van der Waals surface area (Å²) in [5, 5.41) is 3.54. The number of nitrogens with zero attached hydrogens (tertiary/aromatic N) is 1. The molecule has 4 nitrogen and oxygen atoms in total. The van der Waals surface area contributed by atoms with E-state index in [0.29, 0.717) is 6.61 Å². The van der Waals surface area contributed by atoms with Gasteiger partial charge in [0.15, 0.2) is 0 Å². The highest BCUT2D eigenvalue weighted by molar-refractivity contribution is 5.84. The van der Waals surface area contributed by atoms with E-state index in [2.05, 4.69) is 29.4 Å². The Kier molecular flexibility index (Phi) is 5.61. The van der Waals surface area contributed by atoms with Crippen LogP contribution in [0.25, 0.3) is 11.1 Å². The number of benzene rings is 2. The van der Waals surface area contributed by atoms with Crippen LogP contribution in [0.15, 0.2) is 67.0 Å². The molecule has 4 heteroatoms. The highest BCUT2D eigenvalue weighted by Crippen LogP contribution is 2.46. The van der Waals surface area contributed by atoms with Crippen molar-refractivity contribution in [2.45, 2.75) is 31.6 Å². The lowest BCUT2D eigenvalue weighted by Gasteiger charge is -2.25. The van der Waals surface area contributed by atoms with Gasteiger partial charge in [0.05, 0.1) is 0 Å². The van der Waals surface area contributed by atoms with Gasteiger partial charge in [0, 0.05) is 30.2 Å². The molecule has 29 heavy (non-hydrogen) atoms. The van der Waals surface area contributed by atoms with E-state index < -0.39 is 5.41 Å². The molecule has 1 aromatic heterocycles. The summed E-state index contributed by atoms with van der Waals surface area (Å²) in [5.74, 6) is 0.774. The monoisotopic (exact) mass is 386 g/mol. The standard InChI is InChI=1S/C25H26N2O2/c1-2-3-6-13-27-23-8-5-4-7-21(23)25(17-28)18-29-24-10-9-20(16-22(24)25)19-11-14-26-15-12-19/h4-5,7-12,14-17,27H,2-3,6,13,18H2,1H3. The summed E-state index contributed by atoms with van der Waals surface area (Å²) in [5.41, 5.74) is 4.20. The fraction of sp³-hybridized carbons (Fsp3) is 0.280. The minimum atomic E-state index is -0.813. The highest BCUT2D eigenvalue weighted by atomic mass is 16.5. The van der Waals surface area contributed by atoms with E-state index >= 15 is 0 Å². The smallest absolute Gasteiger partial charge is 0.138 e. The van der Waals surface area contributed by atoms with E-state index in [-0.39, 0.29) is 0 Å². The van der Waals surface area contributed by atoms with Crippen molar-refractivity contribution in [3.05, 3.63) is 78.1 Å². The van der Waals surface area contributed by atoms with Crippen LogP contribution in [0, 0.1) is 0 Å². The Morgan fingerprint density at radius 1 is 1.03 bits per heavy atom. The van der Waals surface area contributed by atoms with Crippen LogP contribution in [0.2, 0.25) is 0 Å². The molecule has 1 N–H and O–H groups in total. The first-order valence-electron chi connectivity index (χ1n) is 10.3. The van der Waals surface area contributed by atoms with Crippen molar-refractivity contribution >= 4 is 12.0 Å².